The van der Waals surface area contributed by atoms with Gasteiger partial charge in [0.2, 0.25) is 0 Å². The van der Waals surface area contributed by atoms with Gasteiger partial charge in [-0.05, 0) is 39.5 Å². The SMILES string of the molecule is Cc1n[nH]c(C)c1[C@H]1CCCCCN1C(=O)N[C@H]1CCCOC1. The molecule has 2 aliphatic rings. The summed E-state index contributed by atoms with van der Waals surface area (Å²) in [5.41, 5.74) is 3.28. The fraction of sp³-hybridized carbons (Fsp3) is 0.765. The van der Waals surface area contributed by atoms with Crippen molar-refractivity contribution in [2.75, 3.05) is 19.8 Å². The second-order valence-electron chi connectivity index (χ2n) is 6.77. The lowest BCUT2D eigenvalue weighted by Gasteiger charge is -2.33. The summed E-state index contributed by atoms with van der Waals surface area (Å²) in [6, 6.07) is 0.319. The standard InChI is InChI=1S/C17H28N4O2/c1-12-16(13(2)20-19-12)15-8-4-3-5-9-21(15)17(22)18-14-7-6-10-23-11-14/h14-15H,3-11H2,1-2H3,(H,18,22)(H,19,20)/t14-,15+/m0/s1. The first-order chi connectivity index (χ1) is 11.2. The Morgan fingerprint density at radius 2 is 2.13 bits per heavy atom. The van der Waals surface area contributed by atoms with Crippen LogP contribution in [0.5, 0.6) is 0 Å². The first kappa shape index (κ1) is 16.3. The van der Waals surface area contributed by atoms with Gasteiger partial charge in [0.05, 0.1) is 24.4 Å². The van der Waals surface area contributed by atoms with Crippen LogP contribution in [0.25, 0.3) is 0 Å². The summed E-state index contributed by atoms with van der Waals surface area (Å²) in [5.74, 6) is 0. The average Bonchev–Trinajstić information content (AvgIpc) is 2.76. The van der Waals surface area contributed by atoms with Crippen molar-refractivity contribution in [2.24, 2.45) is 0 Å². The molecule has 6 heteroatoms. The van der Waals surface area contributed by atoms with E-state index in [0.29, 0.717) is 6.61 Å². The minimum absolute atomic E-state index is 0.0485. The van der Waals surface area contributed by atoms with Crippen molar-refractivity contribution in [1.82, 2.24) is 20.4 Å². The number of aromatic amines is 1. The van der Waals surface area contributed by atoms with Crippen LogP contribution in [-0.4, -0.2) is 46.9 Å². The van der Waals surface area contributed by atoms with E-state index >= 15 is 0 Å². The second kappa shape index (κ2) is 7.34. The van der Waals surface area contributed by atoms with E-state index in [1.165, 1.54) is 12.0 Å². The zero-order chi connectivity index (χ0) is 16.2. The smallest absolute Gasteiger partial charge is 0.318 e. The third kappa shape index (κ3) is 3.68. The predicted octanol–water partition coefficient (Wildman–Crippen LogP) is 2.83. The number of carbonyl (C=O) groups is 1. The maximum absolute atomic E-state index is 12.9. The van der Waals surface area contributed by atoms with Gasteiger partial charge in [-0.15, -0.1) is 0 Å². The van der Waals surface area contributed by atoms with Crippen LogP contribution in [0.15, 0.2) is 0 Å². The number of hydrogen-bond acceptors (Lipinski definition) is 3. The van der Waals surface area contributed by atoms with Crippen LogP contribution in [0.1, 0.15) is 61.5 Å². The van der Waals surface area contributed by atoms with E-state index in [4.69, 9.17) is 4.74 Å². The van der Waals surface area contributed by atoms with Crippen molar-refractivity contribution in [3.63, 3.8) is 0 Å². The quantitative estimate of drug-likeness (QED) is 0.880. The van der Waals surface area contributed by atoms with E-state index in [1.807, 2.05) is 18.7 Å². The monoisotopic (exact) mass is 320 g/mol. The Balaban J connectivity index is 1.77. The fourth-order valence-corrected chi connectivity index (χ4v) is 3.81. The van der Waals surface area contributed by atoms with Gasteiger partial charge in [-0.25, -0.2) is 4.79 Å². The van der Waals surface area contributed by atoms with Gasteiger partial charge in [0.25, 0.3) is 0 Å². The summed E-state index contributed by atoms with van der Waals surface area (Å²) in [6.45, 7) is 6.33. The van der Waals surface area contributed by atoms with Gasteiger partial charge in [0.1, 0.15) is 0 Å². The fourth-order valence-electron chi connectivity index (χ4n) is 3.81. The highest BCUT2D eigenvalue weighted by molar-refractivity contribution is 5.75. The number of ether oxygens (including phenoxy) is 1. The molecule has 2 fully saturated rings. The van der Waals surface area contributed by atoms with E-state index in [9.17, 15) is 4.79 Å². The van der Waals surface area contributed by atoms with Gasteiger partial charge in [-0.2, -0.15) is 5.10 Å². The summed E-state index contributed by atoms with van der Waals surface area (Å²) in [5, 5.41) is 10.6. The number of likely N-dealkylation sites (tertiary alicyclic amines) is 1. The molecule has 0 radical (unpaired) electrons. The van der Waals surface area contributed by atoms with Crippen LogP contribution in [-0.2, 0) is 4.74 Å². The lowest BCUT2D eigenvalue weighted by atomic mass is 9.99. The first-order valence-electron chi connectivity index (χ1n) is 8.83. The van der Waals surface area contributed by atoms with E-state index in [2.05, 4.69) is 15.5 Å². The van der Waals surface area contributed by atoms with Crippen LogP contribution >= 0.6 is 0 Å². The minimum atomic E-state index is 0.0485. The van der Waals surface area contributed by atoms with Crippen LogP contribution in [0.4, 0.5) is 4.79 Å². The number of hydrogen-bond donors (Lipinski definition) is 2. The number of aromatic nitrogens is 2. The minimum Gasteiger partial charge on any atom is -0.379 e. The molecular weight excluding hydrogens is 292 g/mol. The lowest BCUT2D eigenvalue weighted by molar-refractivity contribution is 0.0693. The van der Waals surface area contributed by atoms with E-state index in [0.717, 1.165) is 56.6 Å². The first-order valence-corrected chi connectivity index (χ1v) is 8.83. The number of carbonyl (C=O) groups excluding carboxylic acids is 1. The van der Waals surface area contributed by atoms with E-state index in [-0.39, 0.29) is 18.1 Å². The molecule has 0 unspecified atom stereocenters. The molecule has 2 N–H and O–H groups in total. The van der Waals surface area contributed by atoms with Gasteiger partial charge in [-0.1, -0.05) is 12.8 Å². The zero-order valence-corrected chi connectivity index (χ0v) is 14.2. The van der Waals surface area contributed by atoms with Gasteiger partial charge in [0, 0.05) is 24.4 Å². The van der Waals surface area contributed by atoms with Crippen LogP contribution < -0.4 is 5.32 Å². The maximum Gasteiger partial charge on any atom is 0.318 e. The maximum atomic E-state index is 12.9. The highest BCUT2D eigenvalue weighted by Crippen LogP contribution is 2.33. The van der Waals surface area contributed by atoms with Crippen LogP contribution in [0.3, 0.4) is 0 Å². The number of nitrogens with zero attached hydrogens (tertiary/aromatic N) is 2. The average molecular weight is 320 g/mol. The van der Waals surface area contributed by atoms with Crippen molar-refractivity contribution in [3.8, 4) is 0 Å². The Morgan fingerprint density at radius 1 is 1.26 bits per heavy atom. The molecule has 2 atom stereocenters. The van der Waals surface area contributed by atoms with Crippen molar-refractivity contribution in [2.45, 2.75) is 64.5 Å². The topological polar surface area (TPSA) is 70.2 Å². The van der Waals surface area contributed by atoms with Gasteiger partial charge >= 0.3 is 6.03 Å². The predicted molar refractivity (Wildman–Crippen MR) is 88.3 cm³/mol. The largest absolute Gasteiger partial charge is 0.379 e. The van der Waals surface area contributed by atoms with Crippen molar-refractivity contribution >= 4 is 6.03 Å². The third-order valence-corrected chi connectivity index (χ3v) is 5.02. The highest BCUT2D eigenvalue weighted by Gasteiger charge is 2.31. The Labute approximate surface area is 138 Å². The second-order valence-corrected chi connectivity index (χ2v) is 6.77. The van der Waals surface area contributed by atoms with Crippen molar-refractivity contribution < 1.29 is 9.53 Å². The number of nitrogens with one attached hydrogen (secondary N) is 2. The molecule has 3 heterocycles. The zero-order valence-electron chi connectivity index (χ0n) is 14.2. The molecule has 3 rings (SSSR count). The summed E-state index contributed by atoms with van der Waals surface area (Å²) < 4.78 is 5.48. The molecular formula is C17H28N4O2. The van der Waals surface area contributed by atoms with Gasteiger partial charge < -0.3 is 15.0 Å². The summed E-state index contributed by atoms with van der Waals surface area (Å²) in [6.07, 6.45) is 6.45. The Morgan fingerprint density at radius 3 is 2.83 bits per heavy atom. The molecule has 1 aromatic rings. The normalized spacial score (nSPS) is 25.9. The lowest BCUT2D eigenvalue weighted by Crippen LogP contribution is -2.49. The molecule has 2 aliphatic heterocycles. The highest BCUT2D eigenvalue weighted by atomic mass is 16.5. The number of H-pyrrole nitrogens is 1. The summed E-state index contributed by atoms with van der Waals surface area (Å²) in [7, 11) is 0. The number of urea groups is 1. The summed E-state index contributed by atoms with van der Waals surface area (Å²) in [4.78, 5) is 14.9. The van der Waals surface area contributed by atoms with Crippen molar-refractivity contribution in [3.05, 3.63) is 17.0 Å². The van der Waals surface area contributed by atoms with Crippen LogP contribution in [0, 0.1) is 13.8 Å². The summed E-state index contributed by atoms with van der Waals surface area (Å²) >= 11 is 0. The number of rotatable bonds is 2. The molecule has 0 spiro atoms. The van der Waals surface area contributed by atoms with Crippen LogP contribution in [0.2, 0.25) is 0 Å². The molecule has 0 saturated carbocycles. The van der Waals surface area contributed by atoms with Gasteiger partial charge in [-0.3, -0.25) is 5.10 Å². The molecule has 23 heavy (non-hydrogen) atoms. The third-order valence-electron chi connectivity index (χ3n) is 5.02. The molecule has 6 nitrogen and oxygen atoms in total. The van der Waals surface area contributed by atoms with E-state index in [1.54, 1.807) is 0 Å². The molecule has 2 saturated heterocycles. The molecule has 0 aromatic carbocycles. The van der Waals surface area contributed by atoms with E-state index < -0.39 is 0 Å². The number of amides is 2. The number of aryl methyl sites for hydroxylation is 2. The molecule has 0 aliphatic carbocycles. The van der Waals surface area contributed by atoms with Crippen molar-refractivity contribution in [1.29, 1.82) is 0 Å². The molecule has 0 bridgehead atoms. The molecule has 2 amide bonds. The molecule has 128 valence electrons. The molecule has 1 aromatic heterocycles. The Bertz CT molecular complexity index is 517. The Kier molecular flexibility index (Phi) is 5.20. The Hall–Kier alpha value is -1.56. The van der Waals surface area contributed by atoms with Gasteiger partial charge in [0.15, 0.2) is 0 Å².